The second kappa shape index (κ2) is 7.72. The molecule has 4 heteroatoms. The van der Waals surface area contributed by atoms with E-state index in [9.17, 15) is 9.59 Å². The lowest BCUT2D eigenvalue weighted by atomic mass is 9.53. The fourth-order valence-electron chi connectivity index (χ4n) is 5.23. The molecule has 2 saturated carbocycles. The summed E-state index contributed by atoms with van der Waals surface area (Å²) in [5.74, 6) is 0.0767. The number of Topliss-reactive ketones (excluding diaryl/α,β-unsaturated/α-hetero) is 1. The molecule has 3 rings (SSSR count). The Labute approximate surface area is 161 Å². The second-order valence-electron chi connectivity index (χ2n) is 8.06. The minimum atomic E-state index is -0.247. The largest absolute Gasteiger partial charge is 0.465 e. The molecule has 1 aromatic carbocycles. The predicted octanol–water partition coefficient (Wildman–Crippen LogP) is 5.41. The van der Waals surface area contributed by atoms with Crippen LogP contribution in [-0.2, 0) is 26.2 Å². The number of hydrogen-bond acceptors (Lipinski definition) is 3. The number of aryl methyl sites for hydroxylation is 1. The fraction of sp³-hybridized carbons (Fsp3) is 0.636. The summed E-state index contributed by atoms with van der Waals surface area (Å²) < 4.78 is 5.58. The zero-order chi connectivity index (χ0) is 18.8. The van der Waals surface area contributed by atoms with E-state index in [4.69, 9.17) is 16.3 Å². The number of rotatable bonds is 5. The van der Waals surface area contributed by atoms with Crippen LogP contribution in [0.3, 0.4) is 0 Å². The Morgan fingerprint density at radius 3 is 2.38 bits per heavy atom. The molecule has 2 aliphatic carbocycles. The number of halogens is 1. The van der Waals surface area contributed by atoms with E-state index in [-0.39, 0.29) is 16.8 Å². The van der Waals surface area contributed by atoms with Crippen LogP contribution in [0.5, 0.6) is 0 Å². The van der Waals surface area contributed by atoms with E-state index < -0.39 is 0 Å². The van der Waals surface area contributed by atoms with Crippen LogP contribution in [-0.4, -0.2) is 18.4 Å². The number of ketones is 1. The zero-order valence-corrected chi connectivity index (χ0v) is 16.7. The molecule has 0 heterocycles. The van der Waals surface area contributed by atoms with Gasteiger partial charge >= 0.3 is 5.97 Å². The number of esters is 1. The molecule has 0 amide bonds. The van der Waals surface area contributed by atoms with Crippen LogP contribution in [0.25, 0.3) is 0 Å². The molecule has 0 radical (unpaired) electrons. The van der Waals surface area contributed by atoms with Crippen LogP contribution in [0.1, 0.15) is 76.3 Å². The van der Waals surface area contributed by atoms with E-state index in [2.05, 4.69) is 19.1 Å². The van der Waals surface area contributed by atoms with Crippen molar-refractivity contribution < 1.29 is 14.3 Å². The van der Waals surface area contributed by atoms with Crippen molar-refractivity contribution in [2.75, 3.05) is 6.61 Å². The number of benzene rings is 1. The average Bonchev–Trinajstić information content (AvgIpc) is 3.13. The Balaban J connectivity index is 2.10. The summed E-state index contributed by atoms with van der Waals surface area (Å²) in [6.07, 6.45) is 8.10. The Hall–Kier alpha value is -1.35. The van der Waals surface area contributed by atoms with Crippen LogP contribution >= 0.6 is 11.6 Å². The van der Waals surface area contributed by atoms with Crippen LogP contribution in [0.4, 0.5) is 0 Å². The summed E-state index contributed by atoms with van der Waals surface area (Å²) in [5, 5.41) is 0.809. The van der Waals surface area contributed by atoms with Crippen LogP contribution in [0.15, 0.2) is 18.2 Å². The molecule has 3 nitrogen and oxygen atoms in total. The van der Waals surface area contributed by atoms with Gasteiger partial charge in [0.25, 0.3) is 0 Å². The van der Waals surface area contributed by atoms with Crippen LogP contribution in [0.2, 0.25) is 5.02 Å². The molecule has 0 aliphatic heterocycles. The molecule has 0 unspecified atom stereocenters. The third-order valence-electron chi connectivity index (χ3n) is 6.74. The minimum Gasteiger partial charge on any atom is -0.465 e. The molecular weight excluding hydrogens is 348 g/mol. The van der Waals surface area contributed by atoms with Gasteiger partial charge in [0.15, 0.2) is 0 Å². The smallest absolute Gasteiger partial charge is 0.302 e. The summed E-state index contributed by atoms with van der Waals surface area (Å²) in [4.78, 5) is 23.6. The van der Waals surface area contributed by atoms with Gasteiger partial charge in [-0.2, -0.15) is 0 Å². The average molecular weight is 377 g/mol. The molecule has 26 heavy (non-hydrogen) atoms. The molecule has 0 N–H and O–H groups in total. The first kappa shape index (κ1) is 19.4. The highest BCUT2D eigenvalue weighted by molar-refractivity contribution is 6.31. The number of ether oxygens (including phenoxy) is 1. The highest BCUT2D eigenvalue weighted by Gasteiger charge is 2.55. The maximum atomic E-state index is 12.0. The summed E-state index contributed by atoms with van der Waals surface area (Å²) in [7, 11) is 0. The summed E-state index contributed by atoms with van der Waals surface area (Å²) in [6, 6.07) is 6.38. The summed E-state index contributed by atoms with van der Waals surface area (Å²) >= 11 is 6.72. The SMILES string of the molecule is CCc1ccc(Cl)c(C2(C3(COC(C)=O)CCC(=O)CC3)CCCC2)c1. The van der Waals surface area contributed by atoms with Gasteiger partial charge < -0.3 is 4.74 Å². The third kappa shape index (κ3) is 3.43. The lowest BCUT2D eigenvalue weighted by Gasteiger charge is -2.51. The van der Waals surface area contributed by atoms with Gasteiger partial charge in [0.05, 0.1) is 6.61 Å². The van der Waals surface area contributed by atoms with Crippen molar-refractivity contribution in [2.24, 2.45) is 5.41 Å². The van der Waals surface area contributed by atoms with Crippen molar-refractivity contribution in [2.45, 2.75) is 77.0 Å². The maximum Gasteiger partial charge on any atom is 0.302 e. The lowest BCUT2D eigenvalue weighted by molar-refractivity contribution is -0.149. The second-order valence-corrected chi connectivity index (χ2v) is 8.46. The molecule has 0 bridgehead atoms. The van der Waals surface area contributed by atoms with Crippen molar-refractivity contribution in [3.8, 4) is 0 Å². The van der Waals surface area contributed by atoms with Crippen molar-refractivity contribution in [1.29, 1.82) is 0 Å². The van der Waals surface area contributed by atoms with Gasteiger partial charge in [0.2, 0.25) is 0 Å². The molecule has 142 valence electrons. The Morgan fingerprint density at radius 1 is 1.15 bits per heavy atom. The van der Waals surface area contributed by atoms with Crippen molar-refractivity contribution in [3.63, 3.8) is 0 Å². The van der Waals surface area contributed by atoms with Gasteiger partial charge in [-0.1, -0.05) is 43.5 Å². The van der Waals surface area contributed by atoms with Gasteiger partial charge in [-0.3, -0.25) is 9.59 Å². The monoisotopic (exact) mass is 376 g/mol. The van der Waals surface area contributed by atoms with Crippen molar-refractivity contribution >= 4 is 23.4 Å². The zero-order valence-electron chi connectivity index (χ0n) is 15.9. The normalized spacial score (nSPS) is 21.6. The Bertz CT molecular complexity index is 679. The molecular formula is C22H29ClO3. The minimum absolute atomic E-state index is 0.106. The van der Waals surface area contributed by atoms with E-state index in [1.54, 1.807) is 0 Å². The Kier molecular flexibility index (Phi) is 5.76. The third-order valence-corrected chi connectivity index (χ3v) is 7.07. The van der Waals surface area contributed by atoms with Gasteiger partial charge in [0.1, 0.15) is 5.78 Å². The first-order chi connectivity index (χ1) is 12.4. The predicted molar refractivity (Wildman–Crippen MR) is 104 cm³/mol. The van der Waals surface area contributed by atoms with Crippen LogP contribution in [0, 0.1) is 5.41 Å². The summed E-state index contributed by atoms with van der Waals surface area (Å²) in [5.41, 5.74) is 2.19. The summed E-state index contributed by atoms with van der Waals surface area (Å²) in [6.45, 7) is 4.01. The van der Waals surface area contributed by atoms with Gasteiger partial charge in [-0.05, 0) is 49.3 Å². The number of carbonyl (C=O) groups excluding carboxylic acids is 2. The fourth-order valence-corrected chi connectivity index (χ4v) is 5.53. The first-order valence-corrected chi connectivity index (χ1v) is 10.2. The van der Waals surface area contributed by atoms with Crippen molar-refractivity contribution in [1.82, 2.24) is 0 Å². The lowest BCUT2D eigenvalue weighted by Crippen LogP contribution is -2.50. The number of carbonyl (C=O) groups is 2. The van der Waals surface area contributed by atoms with E-state index in [0.717, 1.165) is 50.0 Å². The molecule has 0 saturated heterocycles. The van der Waals surface area contributed by atoms with Gasteiger partial charge in [-0.15, -0.1) is 0 Å². The van der Waals surface area contributed by atoms with Crippen molar-refractivity contribution in [3.05, 3.63) is 34.3 Å². The standard InChI is InChI=1S/C22H29ClO3/c1-3-17-6-7-20(23)19(14-17)22(10-4-5-11-22)21(15-26-16(2)24)12-8-18(25)9-13-21/h6-7,14H,3-5,8-13,15H2,1-2H3. The molecule has 2 aliphatic rings. The number of hydrogen-bond donors (Lipinski definition) is 0. The topological polar surface area (TPSA) is 43.4 Å². The van der Waals surface area contributed by atoms with Gasteiger partial charge in [-0.25, -0.2) is 0 Å². The highest BCUT2D eigenvalue weighted by Crippen LogP contribution is 2.60. The first-order valence-electron chi connectivity index (χ1n) is 9.86. The molecule has 1 aromatic rings. The van der Waals surface area contributed by atoms with Gasteiger partial charge in [0, 0.05) is 35.6 Å². The van der Waals surface area contributed by atoms with E-state index in [1.807, 2.05) is 6.07 Å². The highest BCUT2D eigenvalue weighted by atomic mass is 35.5. The molecule has 0 aromatic heterocycles. The van der Waals surface area contributed by atoms with E-state index >= 15 is 0 Å². The van der Waals surface area contributed by atoms with E-state index in [1.165, 1.54) is 18.1 Å². The molecule has 0 spiro atoms. The Morgan fingerprint density at radius 2 is 1.81 bits per heavy atom. The van der Waals surface area contributed by atoms with E-state index in [0.29, 0.717) is 25.2 Å². The maximum absolute atomic E-state index is 12.0. The van der Waals surface area contributed by atoms with Crippen LogP contribution < -0.4 is 0 Å². The molecule has 2 fully saturated rings. The molecule has 0 atom stereocenters. The quantitative estimate of drug-likeness (QED) is 0.645.